The summed E-state index contributed by atoms with van der Waals surface area (Å²) in [6.07, 6.45) is 0.278. The number of carbonyl (C=O) groups is 1. The summed E-state index contributed by atoms with van der Waals surface area (Å²) < 4.78 is 22.8. The fraction of sp³-hybridized carbons (Fsp3) is 0.607. The lowest BCUT2D eigenvalue weighted by molar-refractivity contribution is -0.137. The number of carboxylic acids is 1. The standard InChI is InChI=1S/C8H10O2.C6H10N2O.C5H8N2O2.C5H10O2.C4H8N2O2S/c1-4(2)6-5(3)7(9)8(6)10;1-4(2)6-7-5(3)9-8-6;1-3(2)4-6-5(8)9-7-4;1-4(2)3-5(6)7;1-3(2)4-5-8-9(7)6-4/h4H,1-3H3;4H,3H2,1-2H3,(H,7,8);3H,1-2H3,(H,6,7,8);4H,3H2,1-2H3,(H,6,7);3H,1-2H3,(H,5,6). The van der Waals surface area contributed by atoms with E-state index in [9.17, 15) is 23.4 Å². The number of aromatic amines is 1. The van der Waals surface area contributed by atoms with Gasteiger partial charge in [-0.3, -0.25) is 23.9 Å². The number of carboxylic acid groups (broad SMARTS) is 1. The van der Waals surface area contributed by atoms with Gasteiger partial charge in [0.2, 0.25) is 16.7 Å². The van der Waals surface area contributed by atoms with Gasteiger partial charge in [0.15, 0.2) is 5.82 Å². The number of H-pyrrole nitrogens is 1. The van der Waals surface area contributed by atoms with Crippen molar-refractivity contribution in [3.63, 3.8) is 0 Å². The van der Waals surface area contributed by atoms with Gasteiger partial charge in [0, 0.05) is 35.3 Å². The average Bonchev–Trinajstić information content (AvgIpc) is 3.66. The van der Waals surface area contributed by atoms with E-state index in [0.717, 1.165) is 5.84 Å². The zero-order valence-corrected chi connectivity index (χ0v) is 28.1. The normalized spacial score (nSPS) is 15.1. The number of hydrogen-bond acceptors (Lipinski definition) is 12. The maximum Gasteiger partial charge on any atom is 0.438 e. The van der Waals surface area contributed by atoms with E-state index in [1.165, 1.54) is 0 Å². The Kier molecular flexibility index (Phi) is 17.7. The van der Waals surface area contributed by atoms with Crippen LogP contribution >= 0.6 is 0 Å². The van der Waals surface area contributed by atoms with Crippen LogP contribution in [0.15, 0.2) is 40.8 Å². The van der Waals surface area contributed by atoms with E-state index < -0.39 is 23.0 Å². The molecule has 4 rings (SSSR count). The van der Waals surface area contributed by atoms with E-state index in [0.29, 0.717) is 34.6 Å². The Bertz CT molecular complexity index is 1390. The van der Waals surface area contributed by atoms with Gasteiger partial charge in [0.1, 0.15) is 11.7 Å². The predicted molar refractivity (Wildman–Crippen MR) is 169 cm³/mol. The molecule has 0 radical (unpaired) electrons. The first kappa shape index (κ1) is 40.1. The van der Waals surface area contributed by atoms with Crippen LogP contribution in [0.3, 0.4) is 0 Å². The van der Waals surface area contributed by atoms with Gasteiger partial charge in [0.25, 0.3) is 0 Å². The Morgan fingerprint density at radius 1 is 0.886 bits per heavy atom. The monoisotopic (exact) mass is 642 g/mol. The summed E-state index contributed by atoms with van der Waals surface area (Å²) in [6.45, 7) is 24.6. The molecule has 1 unspecified atom stereocenters. The SMILES string of the molecule is C=C1N=C(C(C)C)NO1.CC(C)C1=NS(=O)ON1.CC(C)CC(=O)O.CC(C)c1noc(=O)[nH]1.Cc1c(C(C)C)c(=O)c1=O. The molecule has 2 aliphatic heterocycles. The van der Waals surface area contributed by atoms with Crippen molar-refractivity contribution in [3.05, 3.63) is 60.4 Å². The van der Waals surface area contributed by atoms with Crippen molar-refractivity contribution in [1.82, 2.24) is 21.1 Å². The topological polar surface area (TPSA) is 215 Å². The van der Waals surface area contributed by atoms with Crippen molar-refractivity contribution in [2.45, 2.75) is 94.4 Å². The number of aromatic nitrogens is 2. The van der Waals surface area contributed by atoms with Crippen LogP contribution in [-0.4, -0.2) is 37.1 Å². The molecule has 2 aliphatic rings. The van der Waals surface area contributed by atoms with Crippen molar-refractivity contribution in [3.8, 4) is 0 Å². The van der Waals surface area contributed by atoms with Gasteiger partial charge in [-0.05, 0) is 25.3 Å². The summed E-state index contributed by atoms with van der Waals surface area (Å²) in [6, 6.07) is 0. The van der Waals surface area contributed by atoms with E-state index >= 15 is 0 Å². The van der Waals surface area contributed by atoms with Gasteiger partial charge < -0.3 is 9.94 Å². The van der Waals surface area contributed by atoms with Crippen LogP contribution in [0.5, 0.6) is 0 Å². The van der Waals surface area contributed by atoms with E-state index in [2.05, 4.69) is 45.9 Å². The Hall–Kier alpha value is -3.92. The number of amidine groups is 2. The van der Waals surface area contributed by atoms with E-state index in [-0.39, 0.29) is 41.0 Å². The molecule has 2 aromatic rings. The molecule has 0 aliphatic carbocycles. The highest BCUT2D eigenvalue weighted by molar-refractivity contribution is 7.79. The summed E-state index contributed by atoms with van der Waals surface area (Å²) in [5.41, 5.74) is 5.89. The van der Waals surface area contributed by atoms with Crippen LogP contribution in [0.2, 0.25) is 0 Å². The zero-order valence-electron chi connectivity index (χ0n) is 27.3. The molecule has 248 valence electrons. The molecule has 0 saturated carbocycles. The predicted octanol–water partition coefficient (Wildman–Crippen LogP) is 3.52. The zero-order chi connectivity index (χ0) is 34.3. The van der Waals surface area contributed by atoms with Crippen molar-refractivity contribution in [1.29, 1.82) is 0 Å². The van der Waals surface area contributed by atoms with Gasteiger partial charge in [-0.1, -0.05) is 74.4 Å². The molecule has 4 N–H and O–H groups in total. The first-order chi connectivity index (χ1) is 20.3. The molecule has 44 heavy (non-hydrogen) atoms. The number of hydroxylamine groups is 2. The lowest BCUT2D eigenvalue weighted by Gasteiger charge is -2.08. The molecular formula is C28H46N6O9S. The Morgan fingerprint density at radius 2 is 1.45 bits per heavy atom. The quantitative estimate of drug-likeness (QED) is 0.333. The van der Waals surface area contributed by atoms with Crippen LogP contribution in [0.1, 0.15) is 104 Å². The molecule has 16 heteroatoms. The summed E-state index contributed by atoms with van der Waals surface area (Å²) in [4.78, 5) is 52.8. The third-order valence-corrected chi connectivity index (χ3v) is 5.93. The lowest BCUT2D eigenvalue weighted by atomic mass is 9.93. The fourth-order valence-corrected chi connectivity index (χ4v) is 3.62. The van der Waals surface area contributed by atoms with Crippen molar-refractivity contribution < 1.29 is 27.8 Å². The second-order valence-electron chi connectivity index (χ2n) is 11.3. The van der Waals surface area contributed by atoms with Crippen LogP contribution in [0, 0.1) is 24.7 Å². The molecule has 0 bridgehead atoms. The number of aliphatic carboxylic acids is 1. The third kappa shape index (κ3) is 15.0. The van der Waals surface area contributed by atoms with E-state index in [1.54, 1.807) is 6.92 Å². The van der Waals surface area contributed by atoms with E-state index in [4.69, 9.17) is 9.94 Å². The number of nitrogens with zero attached hydrogens (tertiary/aromatic N) is 3. The molecule has 0 spiro atoms. The highest BCUT2D eigenvalue weighted by Crippen LogP contribution is 2.12. The molecular weight excluding hydrogens is 596 g/mol. The molecule has 1 aromatic heterocycles. The molecule has 3 heterocycles. The third-order valence-electron chi connectivity index (χ3n) is 5.36. The van der Waals surface area contributed by atoms with Crippen LogP contribution in [-0.2, 0) is 25.2 Å². The Balaban J connectivity index is 0.000000528. The maximum absolute atomic E-state index is 10.8. The first-order valence-corrected chi connectivity index (χ1v) is 15.0. The minimum absolute atomic E-state index is 0.199. The number of nitrogens with one attached hydrogen (secondary N) is 3. The number of hydrogen-bond donors (Lipinski definition) is 4. The fourth-order valence-electron chi connectivity index (χ4n) is 3.02. The van der Waals surface area contributed by atoms with E-state index in [1.807, 2.05) is 69.2 Å². The summed E-state index contributed by atoms with van der Waals surface area (Å²) in [5.74, 6) is 2.65. The minimum Gasteiger partial charge on any atom is -0.481 e. The van der Waals surface area contributed by atoms with Crippen molar-refractivity contribution in [2.24, 2.45) is 27.1 Å². The maximum atomic E-state index is 10.8. The second kappa shape index (κ2) is 19.4. The molecule has 15 nitrogen and oxygen atoms in total. The molecule has 1 atom stereocenters. The van der Waals surface area contributed by atoms with Gasteiger partial charge in [-0.25, -0.2) is 20.0 Å². The largest absolute Gasteiger partial charge is 0.481 e. The van der Waals surface area contributed by atoms with Gasteiger partial charge >= 0.3 is 23.0 Å². The van der Waals surface area contributed by atoms with Crippen molar-refractivity contribution in [2.75, 3.05) is 0 Å². The number of aliphatic imine (C=N–C) groups is 1. The molecule has 0 amide bonds. The first-order valence-electron chi connectivity index (χ1n) is 14.0. The lowest BCUT2D eigenvalue weighted by Crippen LogP contribution is -2.38. The highest BCUT2D eigenvalue weighted by atomic mass is 32.2. The average molecular weight is 643 g/mol. The van der Waals surface area contributed by atoms with Crippen LogP contribution in [0.4, 0.5) is 0 Å². The smallest absolute Gasteiger partial charge is 0.438 e. The second-order valence-corrected chi connectivity index (χ2v) is 12.0. The van der Waals surface area contributed by atoms with Gasteiger partial charge in [0.05, 0.1) is 0 Å². The minimum atomic E-state index is -1.50. The van der Waals surface area contributed by atoms with Crippen LogP contribution < -0.4 is 27.6 Å². The highest BCUT2D eigenvalue weighted by Gasteiger charge is 2.18. The summed E-state index contributed by atoms with van der Waals surface area (Å²) in [7, 11) is 0. The number of rotatable bonds is 6. The van der Waals surface area contributed by atoms with Gasteiger partial charge in [-0.2, -0.15) is 9.28 Å². The Morgan fingerprint density at radius 3 is 1.64 bits per heavy atom. The summed E-state index contributed by atoms with van der Waals surface area (Å²) >= 11 is -1.50. The van der Waals surface area contributed by atoms with Crippen molar-refractivity contribution >= 4 is 28.9 Å². The molecule has 0 fully saturated rings. The summed E-state index contributed by atoms with van der Waals surface area (Å²) in [5, 5.41) is 11.6. The molecule has 1 aromatic carbocycles. The molecule has 0 saturated heterocycles. The van der Waals surface area contributed by atoms with Gasteiger partial charge in [-0.15, -0.1) is 4.40 Å². The Labute approximate surface area is 259 Å². The van der Waals surface area contributed by atoms with Crippen LogP contribution in [0.25, 0.3) is 0 Å².